The van der Waals surface area contributed by atoms with Crippen LogP contribution in [0.4, 0.5) is 5.69 Å². The number of halogens is 1. The van der Waals surface area contributed by atoms with Crippen molar-refractivity contribution in [3.05, 3.63) is 94.2 Å². The van der Waals surface area contributed by atoms with E-state index in [1.54, 1.807) is 12.1 Å². The van der Waals surface area contributed by atoms with E-state index in [1.165, 1.54) is 11.8 Å². The van der Waals surface area contributed by atoms with Crippen LogP contribution >= 0.6 is 27.7 Å². The highest BCUT2D eigenvalue weighted by Crippen LogP contribution is 2.24. The molecule has 0 radical (unpaired) electrons. The number of hydrogen-bond acceptors (Lipinski definition) is 6. The molecule has 1 aromatic heterocycles. The van der Waals surface area contributed by atoms with Crippen LogP contribution in [0.3, 0.4) is 0 Å². The number of amides is 2. The highest BCUT2D eigenvalue weighted by molar-refractivity contribution is 9.10. The average molecular weight is 581 g/mol. The molecular weight excluding hydrogens is 554 g/mol. The molecule has 0 saturated carbocycles. The van der Waals surface area contributed by atoms with Crippen LogP contribution in [0.15, 0.2) is 82.4 Å². The number of hydrogen-bond donors (Lipinski definition) is 2. The van der Waals surface area contributed by atoms with E-state index >= 15 is 0 Å². The average Bonchev–Trinajstić information content (AvgIpc) is 3.31. The number of ether oxygens (including phenoxy) is 1. The number of aryl methyl sites for hydroxylation is 2. The fraction of sp³-hybridized carbons (Fsp3) is 0.185. The molecule has 0 aliphatic heterocycles. The van der Waals surface area contributed by atoms with Crippen LogP contribution in [0.2, 0.25) is 0 Å². The highest BCUT2D eigenvalue weighted by Gasteiger charge is 2.17. The zero-order chi connectivity index (χ0) is 26.2. The summed E-state index contributed by atoms with van der Waals surface area (Å²) < 4.78 is 8.27. The molecule has 3 aromatic carbocycles. The van der Waals surface area contributed by atoms with Gasteiger partial charge in [0, 0.05) is 15.8 Å². The van der Waals surface area contributed by atoms with E-state index in [0.717, 1.165) is 27.0 Å². The number of nitrogens with zero attached hydrogens (tertiary/aromatic N) is 3. The lowest BCUT2D eigenvalue weighted by molar-refractivity contribution is -0.123. The molecule has 10 heteroatoms. The number of anilines is 1. The fourth-order valence-corrected chi connectivity index (χ4v) is 4.47. The van der Waals surface area contributed by atoms with E-state index in [-0.39, 0.29) is 30.7 Å². The molecule has 37 heavy (non-hydrogen) atoms. The number of carbonyl (C=O) groups excluding carboxylic acids is 2. The van der Waals surface area contributed by atoms with Crippen molar-refractivity contribution in [2.24, 2.45) is 0 Å². The van der Waals surface area contributed by atoms with E-state index < -0.39 is 0 Å². The van der Waals surface area contributed by atoms with Crippen molar-refractivity contribution >= 4 is 45.2 Å². The van der Waals surface area contributed by atoms with Crippen LogP contribution in [0.5, 0.6) is 5.75 Å². The molecule has 2 N–H and O–H groups in total. The monoisotopic (exact) mass is 579 g/mol. The van der Waals surface area contributed by atoms with Crippen LogP contribution in [0, 0.1) is 13.8 Å². The van der Waals surface area contributed by atoms with Gasteiger partial charge in [-0.15, -0.1) is 10.2 Å². The molecule has 0 spiro atoms. The molecule has 0 aliphatic carbocycles. The van der Waals surface area contributed by atoms with Gasteiger partial charge in [-0.25, -0.2) is 0 Å². The number of para-hydroxylation sites is 1. The molecule has 0 unspecified atom stereocenters. The second-order valence-corrected chi connectivity index (χ2v) is 10.1. The Balaban J connectivity index is 1.43. The van der Waals surface area contributed by atoms with Gasteiger partial charge in [0.15, 0.2) is 17.6 Å². The van der Waals surface area contributed by atoms with Gasteiger partial charge in [0.1, 0.15) is 5.75 Å². The van der Waals surface area contributed by atoms with Gasteiger partial charge in [-0.2, -0.15) is 0 Å². The quantitative estimate of drug-likeness (QED) is 0.254. The van der Waals surface area contributed by atoms with Gasteiger partial charge in [0.05, 0.1) is 12.3 Å². The summed E-state index contributed by atoms with van der Waals surface area (Å²) in [6.45, 7) is 3.97. The van der Waals surface area contributed by atoms with Crippen LogP contribution in [-0.4, -0.2) is 38.9 Å². The summed E-state index contributed by atoms with van der Waals surface area (Å²) in [7, 11) is 0. The summed E-state index contributed by atoms with van der Waals surface area (Å²) >= 11 is 4.73. The largest absolute Gasteiger partial charge is 0.484 e. The zero-order valence-electron chi connectivity index (χ0n) is 20.4. The fourth-order valence-electron chi connectivity index (χ4n) is 3.44. The van der Waals surface area contributed by atoms with E-state index in [1.807, 2.05) is 79.1 Å². The Kier molecular flexibility index (Phi) is 8.97. The third-order valence-electron chi connectivity index (χ3n) is 5.34. The number of thioether (sulfide) groups is 1. The number of nitrogens with one attached hydrogen (secondary N) is 2. The Morgan fingerprint density at radius 1 is 0.973 bits per heavy atom. The summed E-state index contributed by atoms with van der Waals surface area (Å²) in [5.74, 6) is 0.883. The maximum absolute atomic E-state index is 12.7. The minimum Gasteiger partial charge on any atom is -0.484 e. The van der Waals surface area contributed by atoms with E-state index in [0.29, 0.717) is 16.7 Å². The summed E-state index contributed by atoms with van der Waals surface area (Å²) in [5, 5.41) is 14.9. The summed E-state index contributed by atoms with van der Waals surface area (Å²) in [6.07, 6.45) is 0. The summed E-state index contributed by atoms with van der Waals surface area (Å²) in [5.41, 5.74) is 3.68. The topological polar surface area (TPSA) is 98.1 Å². The third kappa shape index (κ3) is 7.43. The first kappa shape index (κ1) is 26.4. The van der Waals surface area contributed by atoms with Crippen LogP contribution < -0.4 is 15.4 Å². The molecular formula is C27H26BrN5O3S. The van der Waals surface area contributed by atoms with E-state index in [2.05, 4.69) is 36.8 Å². The lowest BCUT2D eigenvalue weighted by Gasteiger charge is -2.12. The Labute approximate surface area is 228 Å². The molecule has 0 bridgehead atoms. The molecule has 4 aromatic rings. The summed E-state index contributed by atoms with van der Waals surface area (Å²) in [4.78, 5) is 25.1. The maximum atomic E-state index is 12.7. The molecule has 0 fully saturated rings. The van der Waals surface area contributed by atoms with Crippen molar-refractivity contribution in [3.8, 4) is 11.4 Å². The van der Waals surface area contributed by atoms with Crippen LogP contribution in [0.25, 0.3) is 5.69 Å². The van der Waals surface area contributed by atoms with Gasteiger partial charge in [0.2, 0.25) is 5.91 Å². The predicted octanol–water partition coefficient (Wildman–Crippen LogP) is 5.07. The third-order valence-corrected chi connectivity index (χ3v) is 6.80. The SMILES string of the molecule is Cc1ccc(C)c(NC(=O)CSc2nnc(CNC(=O)COc3ccccc3)n2-c2ccc(Br)cc2)c1. The number of benzene rings is 3. The van der Waals surface area contributed by atoms with Crippen molar-refractivity contribution in [2.75, 3.05) is 17.7 Å². The van der Waals surface area contributed by atoms with Crippen LogP contribution in [0.1, 0.15) is 17.0 Å². The van der Waals surface area contributed by atoms with Crippen molar-refractivity contribution in [1.82, 2.24) is 20.1 Å². The first-order valence-corrected chi connectivity index (χ1v) is 13.3. The lowest BCUT2D eigenvalue weighted by Crippen LogP contribution is -2.29. The molecule has 4 rings (SSSR count). The Morgan fingerprint density at radius 2 is 1.73 bits per heavy atom. The van der Waals surface area contributed by atoms with Gasteiger partial charge >= 0.3 is 0 Å². The van der Waals surface area contributed by atoms with Gasteiger partial charge < -0.3 is 15.4 Å². The zero-order valence-corrected chi connectivity index (χ0v) is 22.8. The van der Waals surface area contributed by atoms with Crippen molar-refractivity contribution in [1.29, 1.82) is 0 Å². The van der Waals surface area contributed by atoms with Gasteiger partial charge in [-0.1, -0.05) is 58.0 Å². The summed E-state index contributed by atoms with van der Waals surface area (Å²) in [6, 6.07) is 22.7. The highest BCUT2D eigenvalue weighted by atomic mass is 79.9. The number of rotatable bonds is 10. The molecule has 0 aliphatic rings. The number of carbonyl (C=O) groups is 2. The van der Waals surface area contributed by atoms with Crippen molar-refractivity contribution in [2.45, 2.75) is 25.5 Å². The normalized spacial score (nSPS) is 10.7. The molecule has 2 amide bonds. The Hall–Kier alpha value is -3.63. The minimum atomic E-state index is -0.281. The molecule has 190 valence electrons. The predicted molar refractivity (Wildman–Crippen MR) is 148 cm³/mol. The van der Waals surface area contributed by atoms with Gasteiger partial charge in [-0.3, -0.25) is 14.2 Å². The van der Waals surface area contributed by atoms with Gasteiger partial charge in [0.25, 0.3) is 5.91 Å². The van der Waals surface area contributed by atoms with Gasteiger partial charge in [-0.05, 0) is 67.4 Å². The Bertz CT molecular complexity index is 1380. The van der Waals surface area contributed by atoms with Crippen molar-refractivity contribution in [3.63, 3.8) is 0 Å². The second kappa shape index (κ2) is 12.6. The smallest absolute Gasteiger partial charge is 0.258 e. The molecule has 1 heterocycles. The molecule has 8 nitrogen and oxygen atoms in total. The Morgan fingerprint density at radius 3 is 2.49 bits per heavy atom. The first-order valence-electron chi connectivity index (χ1n) is 11.5. The van der Waals surface area contributed by atoms with E-state index in [4.69, 9.17) is 4.74 Å². The number of aromatic nitrogens is 3. The van der Waals surface area contributed by atoms with E-state index in [9.17, 15) is 9.59 Å². The molecule has 0 saturated heterocycles. The standard InChI is InChI=1S/C27H26BrN5O3S/c1-18-8-9-19(2)23(14-18)30-26(35)17-37-27-32-31-24(33(27)21-12-10-20(28)11-13-21)15-29-25(34)16-36-22-6-4-3-5-7-22/h3-14H,15-17H2,1-2H3,(H,29,34)(H,30,35). The minimum absolute atomic E-state index is 0.114. The lowest BCUT2D eigenvalue weighted by atomic mass is 10.1. The maximum Gasteiger partial charge on any atom is 0.258 e. The second-order valence-electron chi connectivity index (χ2n) is 8.24. The molecule has 0 atom stereocenters. The first-order chi connectivity index (χ1) is 17.9. The van der Waals surface area contributed by atoms with Crippen LogP contribution in [-0.2, 0) is 16.1 Å². The van der Waals surface area contributed by atoms with Crippen molar-refractivity contribution < 1.29 is 14.3 Å².